The van der Waals surface area contributed by atoms with E-state index >= 15 is 0 Å². The van der Waals surface area contributed by atoms with Crippen LogP contribution in [0.2, 0.25) is 0 Å². The zero-order chi connectivity index (χ0) is 13.9. The van der Waals surface area contributed by atoms with Gasteiger partial charge in [0.15, 0.2) is 0 Å². The van der Waals surface area contributed by atoms with Crippen LogP contribution < -0.4 is 4.74 Å². The fraction of sp³-hybridized carbons (Fsp3) is 0.188. The van der Waals surface area contributed by atoms with Gasteiger partial charge in [0, 0.05) is 5.56 Å². The molecule has 0 spiro atoms. The van der Waals surface area contributed by atoms with Crippen molar-refractivity contribution in [2.24, 2.45) is 0 Å². The summed E-state index contributed by atoms with van der Waals surface area (Å²) in [7, 11) is 0. The van der Waals surface area contributed by atoms with E-state index in [2.05, 4.69) is 0 Å². The molecule has 2 rings (SSSR count). The van der Waals surface area contributed by atoms with E-state index < -0.39 is 5.60 Å². The molecule has 1 N–H and O–H groups in total. The van der Waals surface area contributed by atoms with Crippen molar-refractivity contribution in [3.63, 3.8) is 0 Å². The van der Waals surface area contributed by atoms with E-state index in [-0.39, 0.29) is 5.75 Å². The Kier molecular flexibility index (Phi) is 3.56. The molecule has 3 nitrogen and oxygen atoms in total. The molecule has 1 aromatic carbocycles. The van der Waals surface area contributed by atoms with E-state index in [0.29, 0.717) is 5.57 Å². The number of hydrogen-bond acceptors (Lipinski definition) is 3. The first-order valence-corrected chi connectivity index (χ1v) is 6.05. The Hall–Kier alpha value is -2.29. The molecule has 0 saturated carbocycles. The molecular weight excluding hydrogens is 240 g/mol. The lowest BCUT2D eigenvalue weighted by Crippen LogP contribution is -2.29. The van der Waals surface area contributed by atoms with Gasteiger partial charge in [-0.05, 0) is 49.8 Å². The molecule has 3 heteroatoms. The van der Waals surface area contributed by atoms with E-state index in [4.69, 9.17) is 4.74 Å². The number of carbonyl (C=O) groups is 1. The van der Waals surface area contributed by atoms with Crippen molar-refractivity contribution >= 4 is 12.4 Å². The molecule has 1 aliphatic rings. The number of allylic oxidation sites excluding steroid dienone is 3. The summed E-state index contributed by atoms with van der Waals surface area (Å²) in [5.41, 5.74) is 0.958. The maximum absolute atomic E-state index is 10.5. The predicted octanol–water partition coefficient (Wildman–Crippen LogP) is 3.26. The summed E-state index contributed by atoms with van der Waals surface area (Å²) in [4.78, 5) is 10.5. The predicted molar refractivity (Wildman–Crippen MR) is 75.1 cm³/mol. The van der Waals surface area contributed by atoms with E-state index in [0.717, 1.165) is 17.6 Å². The molecule has 0 aliphatic carbocycles. The Morgan fingerprint density at radius 2 is 2.21 bits per heavy atom. The molecule has 0 saturated heterocycles. The average Bonchev–Trinajstić information content (AvgIpc) is 2.39. The highest BCUT2D eigenvalue weighted by molar-refractivity contribution is 5.72. The minimum atomic E-state index is -0.552. The van der Waals surface area contributed by atoms with Crippen LogP contribution in [0.5, 0.6) is 11.5 Å². The van der Waals surface area contributed by atoms with Gasteiger partial charge >= 0.3 is 0 Å². The van der Waals surface area contributed by atoms with E-state index in [1.165, 1.54) is 0 Å². The van der Waals surface area contributed by atoms with Crippen LogP contribution in [-0.2, 0) is 4.79 Å². The van der Waals surface area contributed by atoms with E-state index in [9.17, 15) is 9.90 Å². The maximum Gasteiger partial charge on any atom is 0.145 e. The summed E-state index contributed by atoms with van der Waals surface area (Å²) in [6.45, 7) is 3.68. The normalized spacial score (nSPS) is 22.1. The summed E-state index contributed by atoms with van der Waals surface area (Å²) >= 11 is 0. The lowest BCUT2D eigenvalue weighted by Gasteiger charge is -2.28. The lowest BCUT2D eigenvalue weighted by atomic mass is 9.99. The van der Waals surface area contributed by atoms with Gasteiger partial charge in [0.05, 0.1) is 0 Å². The highest BCUT2D eigenvalue weighted by atomic mass is 16.5. The average molecular weight is 256 g/mol. The fourth-order valence-electron chi connectivity index (χ4n) is 1.81. The largest absolute Gasteiger partial charge is 0.508 e. The first-order chi connectivity index (χ1) is 9.02. The van der Waals surface area contributed by atoms with Crippen LogP contribution in [0.3, 0.4) is 0 Å². The van der Waals surface area contributed by atoms with Gasteiger partial charge in [0.1, 0.15) is 23.4 Å². The van der Waals surface area contributed by atoms with Gasteiger partial charge in [0.2, 0.25) is 0 Å². The second-order valence-electron chi connectivity index (χ2n) is 4.73. The molecular formula is C16H16O3. The molecule has 1 atom stereocenters. The van der Waals surface area contributed by atoms with Crippen LogP contribution in [0.25, 0.3) is 6.08 Å². The molecule has 0 amide bonds. The minimum absolute atomic E-state index is 0.218. The van der Waals surface area contributed by atoms with Gasteiger partial charge in [-0.2, -0.15) is 0 Å². The summed E-state index contributed by atoms with van der Waals surface area (Å²) in [5, 5.41) is 9.40. The number of benzene rings is 1. The highest BCUT2D eigenvalue weighted by Gasteiger charge is 2.24. The van der Waals surface area contributed by atoms with Gasteiger partial charge in [-0.1, -0.05) is 18.2 Å². The first-order valence-electron chi connectivity index (χ1n) is 6.05. The topological polar surface area (TPSA) is 46.5 Å². The molecule has 0 radical (unpaired) electrons. The summed E-state index contributed by atoms with van der Waals surface area (Å²) < 4.78 is 5.89. The molecule has 0 fully saturated rings. The highest BCUT2D eigenvalue weighted by Crippen LogP contribution is 2.33. The van der Waals surface area contributed by atoms with Crippen molar-refractivity contribution in [2.75, 3.05) is 0 Å². The van der Waals surface area contributed by atoms with E-state index in [1.807, 2.05) is 25.2 Å². The number of fused-ring (bicyclic) bond motifs is 1. The van der Waals surface area contributed by atoms with Crippen LogP contribution in [0, 0.1) is 0 Å². The van der Waals surface area contributed by atoms with Crippen molar-refractivity contribution in [3.05, 3.63) is 53.6 Å². The van der Waals surface area contributed by atoms with Crippen LogP contribution in [0.4, 0.5) is 0 Å². The van der Waals surface area contributed by atoms with Crippen molar-refractivity contribution in [2.45, 2.75) is 19.4 Å². The van der Waals surface area contributed by atoms with Crippen molar-refractivity contribution in [3.8, 4) is 11.5 Å². The molecule has 98 valence electrons. The van der Waals surface area contributed by atoms with Gasteiger partial charge < -0.3 is 9.84 Å². The monoisotopic (exact) mass is 256 g/mol. The zero-order valence-corrected chi connectivity index (χ0v) is 11.0. The van der Waals surface area contributed by atoms with Gasteiger partial charge in [-0.15, -0.1) is 0 Å². The van der Waals surface area contributed by atoms with Crippen LogP contribution in [0.1, 0.15) is 19.4 Å². The Morgan fingerprint density at radius 3 is 2.95 bits per heavy atom. The second kappa shape index (κ2) is 5.14. The molecule has 19 heavy (non-hydrogen) atoms. The van der Waals surface area contributed by atoms with Crippen LogP contribution in [0.15, 0.2) is 48.1 Å². The number of aldehydes is 1. The molecule has 1 aromatic rings. The Morgan fingerprint density at radius 1 is 1.42 bits per heavy atom. The van der Waals surface area contributed by atoms with Crippen LogP contribution >= 0.6 is 0 Å². The number of hydrogen-bond donors (Lipinski definition) is 1. The molecule has 1 aliphatic heterocycles. The number of carbonyl (C=O) groups excluding carboxylic acids is 1. The molecule has 1 heterocycles. The minimum Gasteiger partial charge on any atom is -0.508 e. The fourth-order valence-corrected chi connectivity index (χ4v) is 1.81. The maximum atomic E-state index is 10.5. The third kappa shape index (κ3) is 3.13. The third-order valence-electron chi connectivity index (χ3n) is 2.89. The molecule has 0 bridgehead atoms. The summed E-state index contributed by atoms with van der Waals surface area (Å²) in [6.07, 6.45) is 10.1. The Bertz CT molecular complexity index is 582. The van der Waals surface area contributed by atoms with Crippen LogP contribution in [-0.4, -0.2) is 17.0 Å². The van der Waals surface area contributed by atoms with Gasteiger partial charge in [0.25, 0.3) is 0 Å². The molecule has 0 aromatic heterocycles. The third-order valence-corrected chi connectivity index (χ3v) is 2.89. The zero-order valence-electron chi connectivity index (χ0n) is 11.0. The summed E-state index contributed by atoms with van der Waals surface area (Å²) in [5.74, 6) is 0.944. The Balaban J connectivity index is 2.21. The number of ether oxygens (including phenoxy) is 1. The van der Waals surface area contributed by atoms with Gasteiger partial charge in [-0.3, -0.25) is 4.79 Å². The standard InChI is InChI=1S/C16H16O3/c1-12(11-17)4-3-8-16(2)9-7-13-10-14(18)5-6-15(13)19-16/h3-11,18H,1-2H3/t16-/m1/s1. The second-order valence-corrected chi connectivity index (χ2v) is 4.73. The number of phenolic OH excluding ortho intramolecular Hbond substituents is 1. The number of phenols is 1. The molecule has 0 unspecified atom stereocenters. The van der Waals surface area contributed by atoms with Gasteiger partial charge in [-0.25, -0.2) is 0 Å². The quantitative estimate of drug-likeness (QED) is 0.513. The summed E-state index contributed by atoms with van der Waals surface area (Å²) in [6, 6.07) is 5.00. The Labute approximate surface area is 112 Å². The smallest absolute Gasteiger partial charge is 0.145 e. The lowest BCUT2D eigenvalue weighted by molar-refractivity contribution is -0.104. The SMILES string of the molecule is CC(C=O)=CC=C[C@]1(C)C=Cc2cc(O)ccc2O1. The number of aromatic hydroxyl groups is 1. The first kappa shape index (κ1) is 13.1. The van der Waals surface area contributed by atoms with E-state index in [1.54, 1.807) is 37.3 Å². The van der Waals surface area contributed by atoms with Crippen molar-refractivity contribution in [1.29, 1.82) is 0 Å². The number of rotatable bonds is 3. The van der Waals surface area contributed by atoms with Crippen molar-refractivity contribution < 1.29 is 14.6 Å². The van der Waals surface area contributed by atoms with Crippen molar-refractivity contribution in [1.82, 2.24) is 0 Å².